The van der Waals surface area contributed by atoms with Gasteiger partial charge in [-0.25, -0.2) is 30.7 Å². The smallest absolute Gasteiger partial charge is 0.201 e. The second-order valence-corrected chi connectivity index (χ2v) is 22.3. The van der Waals surface area contributed by atoms with Crippen LogP contribution in [-0.4, -0.2) is 13.2 Å². The quantitative estimate of drug-likeness (QED) is 0.0709. The number of hydrogen-bond donors (Lipinski definition) is 0. The highest BCUT2D eigenvalue weighted by atomic mass is 19.2. The summed E-state index contributed by atoms with van der Waals surface area (Å²) in [4.78, 5) is 0. The topological polar surface area (TPSA) is 18.5 Å². The van der Waals surface area contributed by atoms with Crippen LogP contribution in [-0.2, 0) is 0 Å². The predicted molar refractivity (Wildman–Crippen MR) is 337 cm³/mol. The van der Waals surface area contributed by atoms with E-state index < -0.39 is 46.5 Å². The molecule has 8 aromatic rings. The summed E-state index contributed by atoms with van der Waals surface area (Å²) in [5.41, 5.74) is 9.01. The van der Waals surface area contributed by atoms with Gasteiger partial charge in [0.2, 0.25) is 5.82 Å². The average molecular weight is 1170 g/mol. The van der Waals surface area contributed by atoms with E-state index in [1.165, 1.54) is 118 Å². The fourth-order valence-electron chi connectivity index (χ4n) is 11.0. The molecule has 2 nitrogen and oxygen atoms in total. The standard InChI is InChI=1S/2C22H24F2.2C16H14F2O/c1-3-4-16-6-8-17(9-7-16)18-10-12-19(13-11-18)20-14-5-15(2)21(23)22(20)24;1-3-4-16-5-7-17(8-6-16)18-9-11-19(12-10-18)20-13-21(23)15(2)22(24)14-20;1-3-10-19-14-9-8-13(15(17)16(14)18)12-6-4-11(2)5-7-12;1-3-8-19-13-9-14(17)16(15(18)10-13)12-6-4-11(2)5-7-12/h3,5,10-14,16-17H,1,4,6-9H2,2H3;3,9-14,16-17H,1,4-8H2,2H3;3-9H,1,10H2,2H3;3-7,9-10H,1,8H2,2H3. The SMILES string of the molecule is C=CCC1CCC(c2ccc(-c3cc(F)c(C)c(F)c3)cc2)CC1.C=CCC1CCC(c2ccc(-c3ccc(C)c(F)c3F)cc2)CC1.C=CCOc1cc(F)c(-c2ccc(C)cc2)c(F)c1.C=CCOc1ccc(-c2ccc(C)cc2)c(F)c1F. The lowest BCUT2D eigenvalue weighted by Crippen LogP contribution is -2.12. The predicted octanol–water partition coefficient (Wildman–Crippen LogP) is 22.6. The molecule has 2 aliphatic carbocycles. The number of ether oxygens (including phenoxy) is 2. The molecule has 10 rings (SSSR count). The van der Waals surface area contributed by atoms with E-state index in [2.05, 4.69) is 50.6 Å². The summed E-state index contributed by atoms with van der Waals surface area (Å²) in [5, 5.41) is 0. The zero-order chi connectivity index (χ0) is 61.9. The van der Waals surface area contributed by atoms with Gasteiger partial charge in [-0.15, -0.1) is 13.2 Å². The Morgan fingerprint density at radius 2 is 0.791 bits per heavy atom. The number of hydrogen-bond acceptors (Lipinski definition) is 2. The lowest BCUT2D eigenvalue weighted by molar-refractivity contribution is 0.328. The van der Waals surface area contributed by atoms with E-state index in [0.717, 1.165) is 46.9 Å². The summed E-state index contributed by atoms with van der Waals surface area (Å²) in [5.74, 6) is -2.82. The van der Waals surface area contributed by atoms with Crippen LogP contribution in [0.4, 0.5) is 35.1 Å². The second-order valence-electron chi connectivity index (χ2n) is 22.3. The minimum Gasteiger partial charge on any atom is -0.489 e. The van der Waals surface area contributed by atoms with E-state index in [9.17, 15) is 35.1 Å². The molecular weight excluding hydrogens is 1100 g/mol. The van der Waals surface area contributed by atoms with Gasteiger partial charge in [0.15, 0.2) is 23.2 Å². The van der Waals surface area contributed by atoms with E-state index >= 15 is 0 Å². The molecule has 10 heteroatoms. The second kappa shape index (κ2) is 31.8. The molecule has 0 heterocycles. The normalized spacial score (nSPS) is 16.1. The number of aryl methyl sites for hydroxylation is 3. The van der Waals surface area contributed by atoms with Gasteiger partial charge in [0.05, 0.1) is 5.56 Å². The van der Waals surface area contributed by atoms with Crippen molar-refractivity contribution in [3.05, 3.63) is 276 Å². The monoisotopic (exact) mass is 1170 g/mol. The van der Waals surface area contributed by atoms with Gasteiger partial charge in [0, 0.05) is 28.8 Å². The van der Waals surface area contributed by atoms with Crippen molar-refractivity contribution in [1.82, 2.24) is 0 Å². The third kappa shape index (κ3) is 17.5. The van der Waals surface area contributed by atoms with Crippen molar-refractivity contribution in [2.75, 3.05) is 13.2 Å². The lowest BCUT2D eigenvalue weighted by Gasteiger charge is -2.28. The van der Waals surface area contributed by atoms with Gasteiger partial charge in [0.25, 0.3) is 0 Å². The first-order valence-corrected chi connectivity index (χ1v) is 29.3. The summed E-state index contributed by atoms with van der Waals surface area (Å²) in [6, 6.07) is 41.8. The van der Waals surface area contributed by atoms with Gasteiger partial charge in [0.1, 0.15) is 42.2 Å². The van der Waals surface area contributed by atoms with Gasteiger partial charge >= 0.3 is 0 Å². The van der Waals surface area contributed by atoms with Crippen LogP contribution >= 0.6 is 0 Å². The molecule has 0 bridgehead atoms. The van der Waals surface area contributed by atoms with E-state index in [1.807, 2.05) is 74.5 Å². The maximum Gasteiger partial charge on any atom is 0.201 e. The Morgan fingerprint density at radius 1 is 0.384 bits per heavy atom. The summed E-state index contributed by atoms with van der Waals surface area (Å²) in [6.07, 6.45) is 19.1. The van der Waals surface area contributed by atoms with Crippen molar-refractivity contribution in [3.63, 3.8) is 0 Å². The number of allylic oxidation sites excluding steroid dienone is 2. The third-order valence-corrected chi connectivity index (χ3v) is 16.1. The van der Waals surface area contributed by atoms with Gasteiger partial charge in [-0.3, -0.25) is 0 Å². The van der Waals surface area contributed by atoms with Gasteiger partial charge in [-0.1, -0.05) is 158 Å². The Bertz CT molecular complexity index is 3490. The Morgan fingerprint density at radius 3 is 1.24 bits per heavy atom. The highest BCUT2D eigenvalue weighted by Crippen LogP contribution is 2.40. The van der Waals surface area contributed by atoms with Crippen LogP contribution in [0.25, 0.3) is 44.5 Å². The van der Waals surface area contributed by atoms with Crippen LogP contribution in [0.5, 0.6) is 11.5 Å². The Kier molecular flexibility index (Phi) is 24.1. The van der Waals surface area contributed by atoms with Crippen LogP contribution in [0.1, 0.15) is 109 Å². The molecule has 2 aliphatic rings. The molecule has 0 atom stereocenters. The molecule has 448 valence electrons. The first-order valence-electron chi connectivity index (χ1n) is 29.3. The summed E-state index contributed by atoms with van der Waals surface area (Å²) >= 11 is 0. The van der Waals surface area contributed by atoms with Crippen molar-refractivity contribution in [1.29, 1.82) is 0 Å². The molecule has 0 radical (unpaired) electrons. The number of rotatable bonds is 16. The Labute approximate surface area is 503 Å². The van der Waals surface area contributed by atoms with Crippen molar-refractivity contribution in [3.8, 4) is 56.0 Å². The minimum absolute atomic E-state index is 0.0362. The lowest BCUT2D eigenvalue weighted by atomic mass is 9.77. The fraction of sp³-hybridized carbons (Fsp3) is 0.263. The molecule has 2 saturated carbocycles. The summed E-state index contributed by atoms with van der Waals surface area (Å²) in [6.45, 7) is 21.9. The van der Waals surface area contributed by atoms with Crippen LogP contribution < -0.4 is 9.47 Å². The van der Waals surface area contributed by atoms with Crippen molar-refractivity contribution < 1.29 is 44.6 Å². The first-order chi connectivity index (χ1) is 41.4. The number of benzene rings is 8. The Balaban J connectivity index is 0.000000165. The van der Waals surface area contributed by atoms with E-state index in [-0.39, 0.29) is 41.4 Å². The van der Waals surface area contributed by atoms with Crippen molar-refractivity contribution in [2.24, 2.45) is 11.8 Å². The molecular formula is C76H76F8O2. The van der Waals surface area contributed by atoms with Crippen LogP contribution in [0.2, 0.25) is 0 Å². The van der Waals surface area contributed by atoms with Crippen molar-refractivity contribution >= 4 is 0 Å². The number of halogens is 8. The van der Waals surface area contributed by atoms with Gasteiger partial charge in [-0.05, 0) is 184 Å². The molecule has 8 aromatic carbocycles. The molecule has 86 heavy (non-hydrogen) atoms. The van der Waals surface area contributed by atoms with E-state index in [0.29, 0.717) is 39.7 Å². The van der Waals surface area contributed by atoms with Crippen molar-refractivity contribution in [2.45, 2.75) is 104 Å². The highest BCUT2D eigenvalue weighted by molar-refractivity contribution is 5.68. The third-order valence-electron chi connectivity index (χ3n) is 16.1. The Hall–Kier alpha value is -8.24. The molecule has 0 aromatic heterocycles. The summed E-state index contributed by atoms with van der Waals surface area (Å²) in [7, 11) is 0. The molecule has 2 fully saturated rings. The fourth-order valence-corrected chi connectivity index (χ4v) is 11.0. The summed E-state index contributed by atoms with van der Waals surface area (Å²) < 4.78 is 121. The largest absolute Gasteiger partial charge is 0.489 e. The van der Waals surface area contributed by atoms with E-state index in [4.69, 9.17) is 9.47 Å². The molecule has 0 aliphatic heterocycles. The van der Waals surface area contributed by atoms with Crippen LogP contribution in [0, 0.1) is 86.1 Å². The average Bonchev–Trinajstić information content (AvgIpc) is 3.71. The zero-order valence-corrected chi connectivity index (χ0v) is 49.6. The molecule has 0 amide bonds. The maximum absolute atomic E-state index is 14.1. The zero-order valence-electron chi connectivity index (χ0n) is 49.6. The molecule has 0 N–H and O–H groups in total. The molecule has 0 saturated heterocycles. The minimum atomic E-state index is -0.972. The van der Waals surface area contributed by atoms with Gasteiger partial charge < -0.3 is 9.47 Å². The molecule has 0 spiro atoms. The first kappa shape index (κ1) is 65.3. The van der Waals surface area contributed by atoms with E-state index in [1.54, 1.807) is 43.3 Å². The van der Waals surface area contributed by atoms with Crippen LogP contribution in [0.3, 0.4) is 0 Å². The maximum atomic E-state index is 14.1. The van der Waals surface area contributed by atoms with Gasteiger partial charge in [-0.2, -0.15) is 4.39 Å². The van der Waals surface area contributed by atoms with Crippen LogP contribution in [0.15, 0.2) is 196 Å². The molecule has 0 unspecified atom stereocenters. The highest BCUT2D eigenvalue weighted by Gasteiger charge is 2.24.